The second kappa shape index (κ2) is 5.42. The molecule has 0 aliphatic rings. The molecular weight excluding hydrogens is 276 g/mol. The molecule has 0 saturated carbocycles. The Morgan fingerprint density at radius 2 is 1.90 bits per heavy atom. The van der Waals surface area contributed by atoms with E-state index >= 15 is 0 Å². The third kappa shape index (κ3) is 2.85. The standard InChI is InChI=1S/C14H14N2O3S/c1-8-4-5-11(16(18)19)7-12(8)15-14(17)13-6-9(2)10(3)20-13/h4-7H,1-3H3,(H,15,17). The fourth-order valence-corrected chi connectivity index (χ4v) is 2.66. The zero-order chi connectivity index (χ0) is 14.9. The monoisotopic (exact) mass is 290 g/mol. The number of nitrogens with zero attached hydrogens (tertiary/aromatic N) is 1. The molecule has 1 aromatic heterocycles. The predicted molar refractivity (Wildman–Crippen MR) is 79.6 cm³/mol. The first-order valence-corrected chi connectivity index (χ1v) is 6.83. The van der Waals surface area contributed by atoms with Crippen LogP contribution < -0.4 is 5.32 Å². The van der Waals surface area contributed by atoms with Gasteiger partial charge in [-0.1, -0.05) is 6.07 Å². The third-order valence-corrected chi connectivity index (χ3v) is 4.22. The van der Waals surface area contributed by atoms with Gasteiger partial charge in [0.25, 0.3) is 11.6 Å². The molecule has 2 aromatic rings. The number of benzene rings is 1. The maximum absolute atomic E-state index is 12.1. The van der Waals surface area contributed by atoms with E-state index < -0.39 is 4.92 Å². The van der Waals surface area contributed by atoms with Gasteiger partial charge in [-0.25, -0.2) is 0 Å². The smallest absolute Gasteiger partial charge is 0.271 e. The van der Waals surface area contributed by atoms with Crippen LogP contribution in [0.15, 0.2) is 24.3 Å². The van der Waals surface area contributed by atoms with Crippen LogP contribution in [-0.2, 0) is 0 Å². The van der Waals surface area contributed by atoms with E-state index in [0.717, 1.165) is 16.0 Å². The van der Waals surface area contributed by atoms with Gasteiger partial charge in [-0.05, 0) is 38.0 Å². The fraction of sp³-hybridized carbons (Fsp3) is 0.214. The minimum Gasteiger partial charge on any atom is -0.321 e. The number of carbonyl (C=O) groups excluding carboxylic acids is 1. The Labute approximate surface area is 120 Å². The van der Waals surface area contributed by atoms with Crippen molar-refractivity contribution in [1.82, 2.24) is 0 Å². The summed E-state index contributed by atoms with van der Waals surface area (Å²) in [5, 5.41) is 13.5. The van der Waals surface area contributed by atoms with Gasteiger partial charge in [-0.3, -0.25) is 14.9 Å². The summed E-state index contributed by atoms with van der Waals surface area (Å²) in [7, 11) is 0. The molecule has 0 saturated heterocycles. The molecule has 0 radical (unpaired) electrons. The van der Waals surface area contributed by atoms with E-state index in [1.54, 1.807) is 13.0 Å². The lowest BCUT2D eigenvalue weighted by molar-refractivity contribution is -0.384. The van der Waals surface area contributed by atoms with E-state index in [1.807, 2.05) is 19.9 Å². The number of nitro groups is 1. The highest BCUT2D eigenvalue weighted by molar-refractivity contribution is 7.14. The van der Waals surface area contributed by atoms with Crippen molar-refractivity contribution in [3.05, 3.63) is 55.3 Å². The minimum atomic E-state index is -0.478. The molecule has 1 aromatic carbocycles. The molecule has 0 bridgehead atoms. The van der Waals surface area contributed by atoms with Crippen molar-refractivity contribution in [1.29, 1.82) is 0 Å². The van der Waals surface area contributed by atoms with E-state index in [9.17, 15) is 14.9 Å². The number of nitrogens with one attached hydrogen (secondary N) is 1. The van der Waals surface area contributed by atoms with Crippen molar-refractivity contribution in [2.45, 2.75) is 20.8 Å². The Morgan fingerprint density at radius 1 is 1.20 bits per heavy atom. The Morgan fingerprint density at radius 3 is 2.45 bits per heavy atom. The van der Waals surface area contributed by atoms with Gasteiger partial charge in [0.15, 0.2) is 0 Å². The summed E-state index contributed by atoms with van der Waals surface area (Å²) in [5.41, 5.74) is 2.28. The van der Waals surface area contributed by atoms with Crippen molar-refractivity contribution in [2.24, 2.45) is 0 Å². The normalized spacial score (nSPS) is 10.3. The SMILES string of the molecule is Cc1ccc([N+](=O)[O-])cc1NC(=O)c1cc(C)c(C)s1. The number of carbonyl (C=O) groups is 1. The molecule has 0 aliphatic heterocycles. The van der Waals surface area contributed by atoms with Crippen LogP contribution >= 0.6 is 11.3 Å². The number of aryl methyl sites for hydroxylation is 3. The van der Waals surface area contributed by atoms with Crippen molar-refractivity contribution in [3.8, 4) is 0 Å². The first-order valence-electron chi connectivity index (χ1n) is 6.02. The lowest BCUT2D eigenvalue weighted by Gasteiger charge is -2.06. The molecule has 1 amide bonds. The number of rotatable bonds is 3. The quantitative estimate of drug-likeness (QED) is 0.689. The summed E-state index contributed by atoms with van der Waals surface area (Å²) in [6.45, 7) is 5.70. The molecular formula is C14H14N2O3S. The molecule has 20 heavy (non-hydrogen) atoms. The zero-order valence-corrected chi connectivity index (χ0v) is 12.2. The maximum atomic E-state index is 12.1. The first-order chi connectivity index (χ1) is 9.38. The lowest BCUT2D eigenvalue weighted by Crippen LogP contribution is -2.11. The molecule has 2 rings (SSSR count). The van der Waals surface area contributed by atoms with Gasteiger partial charge in [-0.2, -0.15) is 0 Å². The van der Waals surface area contributed by atoms with Crippen molar-refractivity contribution >= 4 is 28.6 Å². The summed E-state index contributed by atoms with van der Waals surface area (Å²) < 4.78 is 0. The van der Waals surface area contributed by atoms with Crippen molar-refractivity contribution in [3.63, 3.8) is 0 Å². The number of non-ortho nitro benzene ring substituents is 1. The number of hydrogen-bond acceptors (Lipinski definition) is 4. The average Bonchev–Trinajstić information content (AvgIpc) is 2.72. The topological polar surface area (TPSA) is 72.2 Å². The first kappa shape index (κ1) is 14.2. The molecule has 1 heterocycles. The summed E-state index contributed by atoms with van der Waals surface area (Å²) >= 11 is 1.41. The Balaban J connectivity index is 2.27. The largest absolute Gasteiger partial charge is 0.321 e. The van der Waals surface area contributed by atoms with E-state index in [1.165, 1.54) is 23.5 Å². The third-order valence-electron chi connectivity index (χ3n) is 3.07. The van der Waals surface area contributed by atoms with Crippen LogP contribution in [0.25, 0.3) is 0 Å². The second-order valence-electron chi connectivity index (χ2n) is 4.56. The van der Waals surface area contributed by atoms with Crippen LogP contribution in [0.3, 0.4) is 0 Å². The van der Waals surface area contributed by atoms with Gasteiger partial charge in [0, 0.05) is 17.0 Å². The summed E-state index contributed by atoms with van der Waals surface area (Å²) in [5.74, 6) is -0.241. The summed E-state index contributed by atoms with van der Waals surface area (Å²) in [4.78, 5) is 24.1. The van der Waals surface area contributed by atoms with Gasteiger partial charge >= 0.3 is 0 Å². The maximum Gasteiger partial charge on any atom is 0.271 e. The van der Waals surface area contributed by atoms with Gasteiger partial charge in [0.1, 0.15) is 0 Å². The molecule has 0 aliphatic carbocycles. The number of thiophene rings is 1. The van der Waals surface area contributed by atoms with Crippen LogP contribution in [0, 0.1) is 30.9 Å². The molecule has 5 nitrogen and oxygen atoms in total. The zero-order valence-electron chi connectivity index (χ0n) is 11.4. The summed E-state index contributed by atoms with van der Waals surface area (Å²) in [6, 6.07) is 6.24. The van der Waals surface area contributed by atoms with E-state index in [4.69, 9.17) is 0 Å². The highest BCUT2D eigenvalue weighted by Gasteiger charge is 2.14. The lowest BCUT2D eigenvalue weighted by atomic mass is 10.2. The van der Waals surface area contributed by atoms with Crippen molar-refractivity contribution in [2.75, 3.05) is 5.32 Å². The van der Waals surface area contributed by atoms with E-state index in [-0.39, 0.29) is 11.6 Å². The Kier molecular flexibility index (Phi) is 3.85. The highest BCUT2D eigenvalue weighted by Crippen LogP contribution is 2.25. The molecule has 0 unspecified atom stereocenters. The van der Waals surface area contributed by atoms with Crippen LogP contribution in [0.2, 0.25) is 0 Å². The number of amides is 1. The fourth-order valence-electron chi connectivity index (χ4n) is 1.73. The van der Waals surface area contributed by atoms with Gasteiger partial charge < -0.3 is 5.32 Å². The van der Waals surface area contributed by atoms with Gasteiger partial charge in [0.05, 0.1) is 15.5 Å². The van der Waals surface area contributed by atoms with Crippen LogP contribution in [-0.4, -0.2) is 10.8 Å². The van der Waals surface area contributed by atoms with Gasteiger partial charge in [0.2, 0.25) is 0 Å². The second-order valence-corrected chi connectivity index (χ2v) is 5.82. The number of anilines is 1. The molecule has 104 valence electrons. The van der Waals surface area contributed by atoms with Crippen LogP contribution in [0.1, 0.15) is 25.7 Å². The Hall–Kier alpha value is -2.21. The van der Waals surface area contributed by atoms with E-state index in [0.29, 0.717) is 10.6 Å². The van der Waals surface area contributed by atoms with Gasteiger partial charge in [-0.15, -0.1) is 11.3 Å². The summed E-state index contributed by atoms with van der Waals surface area (Å²) in [6.07, 6.45) is 0. The molecule has 1 N–H and O–H groups in total. The predicted octanol–water partition coefficient (Wildman–Crippen LogP) is 3.83. The molecule has 6 heteroatoms. The van der Waals surface area contributed by atoms with Crippen LogP contribution in [0.4, 0.5) is 11.4 Å². The number of nitro benzene ring substituents is 1. The van der Waals surface area contributed by atoms with Crippen LogP contribution in [0.5, 0.6) is 0 Å². The van der Waals surface area contributed by atoms with Crippen molar-refractivity contribution < 1.29 is 9.72 Å². The molecule has 0 spiro atoms. The van der Waals surface area contributed by atoms with E-state index in [2.05, 4.69) is 5.32 Å². The number of hydrogen-bond donors (Lipinski definition) is 1. The minimum absolute atomic E-state index is 0.0376. The highest BCUT2D eigenvalue weighted by atomic mass is 32.1. The molecule has 0 atom stereocenters. The Bertz CT molecular complexity index is 672. The average molecular weight is 290 g/mol. The molecule has 0 fully saturated rings.